The van der Waals surface area contributed by atoms with Crippen LogP contribution >= 0.6 is 11.6 Å². The van der Waals surface area contributed by atoms with Crippen molar-refractivity contribution < 1.29 is 9.47 Å². The van der Waals surface area contributed by atoms with Crippen molar-refractivity contribution in [3.63, 3.8) is 0 Å². The van der Waals surface area contributed by atoms with E-state index in [1.54, 1.807) is 19.5 Å². The first-order chi connectivity index (χ1) is 8.83. The summed E-state index contributed by atoms with van der Waals surface area (Å²) in [5.41, 5.74) is 1.94. The molecule has 0 saturated carbocycles. The molecule has 1 heterocycles. The molecule has 0 atom stereocenters. The standard InChI is InChI=1S/C14H14ClNO2/c1-17-13-4-2-3-11(7-13)10-18-14-5-6-16-9-12(14)8-15/h2-7,9H,8,10H2,1H3. The highest BCUT2D eigenvalue weighted by atomic mass is 35.5. The lowest BCUT2D eigenvalue weighted by molar-refractivity contribution is 0.302. The molecule has 0 aliphatic rings. The van der Waals surface area contributed by atoms with E-state index in [1.807, 2.05) is 30.3 Å². The van der Waals surface area contributed by atoms with Gasteiger partial charge in [0.2, 0.25) is 0 Å². The fourth-order valence-corrected chi connectivity index (χ4v) is 1.78. The first-order valence-electron chi connectivity index (χ1n) is 5.58. The van der Waals surface area contributed by atoms with Crippen molar-refractivity contribution in [1.29, 1.82) is 0 Å². The number of ether oxygens (including phenoxy) is 2. The molecule has 2 rings (SSSR count). The number of benzene rings is 1. The van der Waals surface area contributed by atoms with Crippen LogP contribution in [0.5, 0.6) is 11.5 Å². The number of methoxy groups -OCH3 is 1. The average Bonchev–Trinajstić information content (AvgIpc) is 2.45. The molecule has 2 aromatic rings. The largest absolute Gasteiger partial charge is 0.497 e. The quantitative estimate of drug-likeness (QED) is 0.775. The molecule has 94 valence electrons. The summed E-state index contributed by atoms with van der Waals surface area (Å²) in [5, 5.41) is 0. The third kappa shape index (κ3) is 3.14. The van der Waals surface area contributed by atoms with E-state index in [0.29, 0.717) is 12.5 Å². The summed E-state index contributed by atoms with van der Waals surface area (Å²) in [5.74, 6) is 1.98. The van der Waals surface area contributed by atoms with Crippen LogP contribution in [0.3, 0.4) is 0 Å². The van der Waals surface area contributed by atoms with Crippen molar-refractivity contribution in [3.05, 3.63) is 53.9 Å². The van der Waals surface area contributed by atoms with E-state index in [2.05, 4.69) is 4.98 Å². The van der Waals surface area contributed by atoms with E-state index < -0.39 is 0 Å². The number of hydrogen-bond donors (Lipinski definition) is 0. The SMILES string of the molecule is COc1cccc(COc2ccncc2CCl)c1. The molecule has 0 unspecified atom stereocenters. The maximum absolute atomic E-state index is 5.82. The predicted octanol–water partition coefficient (Wildman–Crippen LogP) is 3.41. The van der Waals surface area contributed by atoms with Crippen LogP contribution in [0.2, 0.25) is 0 Å². The van der Waals surface area contributed by atoms with Gasteiger partial charge >= 0.3 is 0 Å². The first kappa shape index (κ1) is 12.7. The lowest BCUT2D eigenvalue weighted by Gasteiger charge is -2.10. The molecule has 4 heteroatoms. The second-order valence-corrected chi connectivity index (χ2v) is 4.02. The summed E-state index contributed by atoms with van der Waals surface area (Å²) in [7, 11) is 1.65. The van der Waals surface area contributed by atoms with Crippen molar-refractivity contribution in [2.45, 2.75) is 12.5 Å². The first-order valence-corrected chi connectivity index (χ1v) is 6.11. The number of rotatable bonds is 5. The zero-order valence-electron chi connectivity index (χ0n) is 10.1. The molecule has 0 N–H and O–H groups in total. The van der Waals surface area contributed by atoms with Crippen molar-refractivity contribution >= 4 is 11.6 Å². The Balaban J connectivity index is 2.06. The molecular weight excluding hydrogens is 250 g/mol. The van der Waals surface area contributed by atoms with Gasteiger partial charge in [-0.2, -0.15) is 0 Å². The zero-order chi connectivity index (χ0) is 12.8. The maximum atomic E-state index is 5.82. The summed E-state index contributed by atoms with van der Waals surface area (Å²) >= 11 is 5.82. The number of pyridine rings is 1. The average molecular weight is 264 g/mol. The van der Waals surface area contributed by atoms with Crippen LogP contribution in [0.15, 0.2) is 42.7 Å². The third-order valence-corrected chi connectivity index (χ3v) is 2.82. The van der Waals surface area contributed by atoms with Gasteiger partial charge in [-0.1, -0.05) is 12.1 Å². The van der Waals surface area contributed by atoms with Gasteiger partial charge in [0, 0.05) is 18.0 Å². The summed E-state index contributed by atoms with van der Waals surface area (Å²) in [6, 6.07) is 9.59. The second kappa shape index (κ2) is 6.26. The number of aromatic nitrogens is 1. The Morgan fingerprint density at radius 3 is 2.94 bits per heavy atom. The normalized spacial score (nSPS) is 10.1. The van der Waals surface area contributed by atoms with Crippen LogP contribution < -0.4 is 9.47 Å². The van der Waals surface area contributed by atoms with E-state index in [9.17, 15) is 0 Å². The van der Waals surface area contributed by atoms with Crippen molar-refractivity contribution in [2.75, 3.05) is 7.11 Å². The molecule has 1 aromatic carbocycles. The highest BCUT2D eigenvalue weighted by Crippen LogP contribution is 2.20. The van der Waals surface area contributed by atoms with Gasteiger partial charge < -0.3 is 9.47 Å². The van der Waals surface area contributed by atoms with Crippen molar-refractivity contribution in [3.8, 4) is 11.5 Å². The van der Waals surface area contributed by atoms with Gasteiger partial charge in [0.15, 0.2) is 0 Å². The zero-order valence-corrected chi connectivity index (χ0v) is 10.9. The van der Waals surface area contributed by atoms with Crippen LogP contribution in [0.4, 0.5) is 0 Å². The molecule has 0 fully saturated rings. The minimum atomic E-state index is 0.390. The van der Waals surface area contributed by atoms with Gasteiger partial charge in [-0.25, -0.2) is 0 Å². The van der Waals surface area contributed by atoms with E-state index in [-0.39, 0.29) is 0 Å². The van der Waals surface area contributed by atoms with Gasteiger partial charge in [0.1, 0.15) is 18.1 Å². The molecule has 0 aliphatic heterocycles. The Morgan fingerprint density at radius 2 is 2.17 bits per heavy atom. The molecular formula is C14H14ClNO2. The highest BCUT2D eigenvalue weighted by molar-refractivity contribution is 6.17. The molecule has 1 aromatic heterocycles. The van der Waals surface area contributed by atoms with Crippen LogP contribution in [0.25, 0.3) is 0 Å². The Kier molecular flexibility index (Phi) is 4.42. The molecule has 0 bridgehead atoms. The van der Waals surface area contributed by atoms with Crippen LogP contribution in [-0.2, 0) is 12.5 Å². The molecule has 0 amide bonds. The number of alkyl halides is 1. The van der Waals surface area contributed by atoms with Gasteiger partial charge in [0.25, 0.3) is 0 Å². The van der Waals surface area contributed by atoms with Crippen LogP contribution in [-0.4, -0.2) is 12.1 Å². The van der Waals surface area contributed by atoms with Crippen molar-refractivity contribution in [1.82, 2.24) is 4.98 Å². The molecule has 0 aliphatic carbocycles. The highest BCUT2D eigenvalue weighted by Gasteiger charge is 2.03. The Labute approximate surface area is 111 Å². The lowest BCUT2D eigenvalue weighted by Crippen LogP contribution is -1.98. The van der Waals surface area contributed by atoms with Crippen LogP contribution in [0, 0.1) is 0 Å². The fourth-order valence-electron chi connectivity index (χ4n) is 1.58. The summed E-state index contributed by atoms with van der Waals surface area (Å²) < 4.78 is 10.9. The van der Waals surface area contributed by atoms with E-state index in [0.717, 1.165) is 22.6 Å². The van der Waals surface area contributed by atoms with Gasteiger partial charge in [-0.15, -0.1) is 11.6 Å². The van der Waals surface area contributed by atoms with E-state index >= 15 is 0 Å². The van der Waals surface area contributed by atoms with Gasteiger partial charge in [-0.3, -0.25) is 4.98 Å². The smallest absolute Gasteiger partial charge is 0.127 e. The summed E-state index contributed by atoms with van der Waals surface area (Å²) in [6.07, 6.45) is 3.41. The Morgan fingerprint density at radius 1 is 1.28 bits per heavy atom. The number of nitrogens with zero attached hydrogens (tertiary/aromatic N) is 1. The number of halogens is 1. The second-order valence-electron chi connectivity index (χ2n) is 3.76. The van der Waals surface area contributed by atoms with E-state index in [4.69, 9.17) is 21.1 Å². The number of hydrogen-bond acceptors (Lipinski definition) is 3. The third-order valence-electron chi connectivity index (χ3n) is 2.53. The topological polar surface area (TPSA) is 31.4 Å². The summed E-state index contributed by atoms with van der Waals surface area (Å²) in [6.45, 7) is 0.477. The monoisotopic (exact) mass is 263 g/mol. The summed E-state index contributed by atoms with van der Waals surface area (Å²) in [4.78, 5) is 4.01. The van der Waals surface area contributed by atoms with Gasteiger partial charge in [-0.05, 0) is 23.8 Å². The predicted molar refractivity (Wildman–Crippen MR) is 71.1 cm³/mol. The van der Waals surface area contributed by atoms with E-state index in [1.165, 1.54) is 0 Å². The molecule has 0 saturated heterocycles. The van der Waals surface area contributed by atoms with Crippen molar-refractivity contribution in [2.24, 2.45) is 0 Å². The minimum Gasteiger partial charge on any atom is -0.497 e. The Hall–Kier alpha value is -1.74. The van der Waals surface area contributed by atoms with Gasteiger partial charge in [0.05, 0.1) is 13.0 Å². The maximum Gasteiger partial charge on any atom is 0.127 e. The molecule has 0 radical (unpaired) electrons. The molecule has 0 spiro atoms. The molecule has 3 nitrogen and oxygen atoms in total. The molecule has 18 heavy (non-hydrogen) atoms. The fraction of sp³-hybridized carbons (Fsp3) is 0.214. The lowest BCUT2D eigenvalue weighted by atomic mass is 10.2. The Bertz CT molecular complexity index is 517. The minimum absolute atomic E-state index is 0.390. The van der Waals surface area contributed by atoms with Crippen LogP contribution in [0.1, 0.15) is 11.1 Å².